The third-order valence-corrected chi connectivity index (χ3v) is 8.02. The molecule has 0 aromatic heterocycles. The summed E-state index contributed by atoms with van der Waals surface area (Å²) in [7, 11) is -8.07. The summed E-state index contributed by atoms with van der Waals surface area (Å²) < 4.78 is 44.3. The van der Waals surface area contributed by atoms with Crippen molar-refractivity contribution in [3.63, 3.8) is 0 Å². The van der Waals surface area contributed by atoms with E-state index in [0.29, 0.717) is 19.8 Å². The van der Waals surface area contributed by atoms with E-state index < -0.39 is 24.8 Å². The predicted octanol–water partition coefficient (Wildman–Crippen LogP) is 10.6. The molecule has 0 aliphatic heterocycles. The Balaban J connectivity index is -0.000000262. The minimum Gasteiger partial charge on any atom is -0.326 e. The van der Waals surface area contributed by atoms with Crippen LogP contribution in [-0.4, -0.2) is 34.5 Å². The molecule has 3 atom stereocenters. The predicted molar refractivity (Wildman–Crippen MR) is 179 cm³/mol. The Morgan fingerprint density at radius 1 is 0.349 bits per heavy atom. The van der Waals surface area contributed by atoms with Crippen LogP contribution in [0.4, 0.5) is 0 Å². The SMILES string of the molecule is CCCCCCCCCCO[PH](=O)O.CCCCCCCCCCO[PH](=O)O.CCCCCCCCCCO[PH](=O)O.[Co]. The van der Waals surface area contributed by atoms with Crippen molar-refractivity contribution in [3.05, 3.63) is 0 Å². The van der Waals surface area contributed by atoms with Gasteiger partial charge in [0.25, 0.3) is 0 Å². The van der Waals surface area contributed by atoms with E-state index in [1.807, 2.05) is 0 Å². The van der Waals surface area contributed by atoms with Crippen molar-refractivity contribution < 1.29 is 58.7 Å². The average Bonchev–Trinajstić information content (AvgIpc) is 2.95. The van der Waals surface area contributed by atoms with Crippen molar-refractivity contribution in [2.75, 3.05) is 19.8 Å². The molecule has 0 saturated carbocycles. The fourth-order valence-electron chi connectivity index (χ4n) is 4.19. The largest absolute Gasteiger partial charge is 0.326 e. The van der Waals surface area contributed by atoms with Gasteiger partial charge in [0.2, 0.25) is 0 Å². The second-order valence-electron chi connectivity index (χ2n) is 10.8. The minimum absolute atomic E-state index is 0. The van der Waals surface area contributed by atoms with Crippen LogP contribution in [0.2, 0.25) is 0 Å². The van der Waals surface area contributed by atoms with Gasteiger partial charge in [-0.25, -0.2) is 0 Å². The van der Waals surface area contributed by atoms with Crippen LogP contribution in [0.25, 0.3) is 0 Å². The molecular formula is C30H69CoO9P3. The van der Waals surface area contributed by atoms with Crippen molar-refractivity contribution >= 4 is 24.8 Å². The number of hydrogen-bond donors (Lipinski definition) is 3. The van der Waals surface area contributed by atoms with Gasteiger partial charge in [0.05, 0.1) is 19.8 Å². The van der Waals surface area contributed by atoms with Crippen LogP contribution in [0, 0.1) is 0 Å². The first kappa shape index (κ1) is 50.8. The van der Waals surface area contributed by atoms with Crippen molar-refractivity contribution in [1.82, 2.24) is 0 Å². The van der Waals surface area contributed by atoms with Crippen LogP contribution in [0.1, 0.15) is 175 Å². The van der Waals surface area contributed by atoms with Gasteiger partial charge in [0, 0.05) is 16.8 Å². The maximum absolute atomic E-state index is 10.2. The van der Waals surface area contributed by atoms with Gasteiger partial charge in [0.15, 0.2) is 0 Å². The van der Waals surface area contributed by atoms with E-state index in [1.54, 1.807) is 0 Å². The van der Waals surface area contributed by atoms with Crippen LogP contribution in [-0.2, 0) is 44.0 Å². The summed E-state index contributed by atoms with van der Waals surface area (Å²) in [4.78, 5) is 25.1. The normalized spacial score (nSPS) is 12.7. The monoisotopic (exact) mass is 725 g/mol. The summed E-state index contributed by atoms with van der Waals surface area (Å²) in [5.41, 5.74) is 0. The average molecular weight is 726 g/mol. The Kier molecular flexibility index (Phi) is 56.0. The van der Waals surface area contributed by atoms with Gasteiger partial charge in [0.1, 0.15) is 0 Å². The number of unbranched alkanes of at least 4 members (excludes halogenated alkanes) is 21. The first-order valence-corrected chi connectivity index (χ1v) is 20.7. The molecule has 0 rings (SSSR count). The van der Waals surface area contributed by atoms with Crippen molar-refractivity contribution in [2.45, 2.75) is 175 Å². The van der Waals surface area contributed by atoms with Gasteiger partial charge in [-0.3, -0.25) is 13.7 Å². The molecule has 3 N–H and O–H groups in total. The molecule has 1 radical (unpaired) electrons. The van der Waals surface area contributed by atoms with Gasteiger partial charge in [-0.05, 0) is 19.3 Å². The van der Waals surface area contributed by atoms with Gasteiger partial charge in [-0.15, -0.1) is 0 Å². The topological polar surface area (TPSA) is 140 Å². The molecule has 0 aliphatic rings. The Bertz CT molecular complexity index is 501. The maximum Gasteiger partial charge on any atom is 0.316 e. The van der Waals surface area contributed by atoms with Gasteiger partial charge in [-0.1, -0.05) is 156 Å². The zero-order valence-electron chi connectivity index (χ0n) is 27.7. The Hall–Kier alpha value is 0.956. The number of rotatable bonds is 30. The standard InChI is InChI=1S/3C10H23O3P.Co/c3*1-2-3-4-5-6-7-8-9-10-13-14(11)12;/h3*14H,2-10H2,1H3,(H,11,12);. The van der Waals surface area contributed by atoms with E-state index >= 15 is 0 Å². The minimum atomic E-state index is -2.69. The Morgan fingerprint density at radius 2 is 0.512 bits per heavy atom. The second kappa shape index (κ2) is 47.4. The summed E-state index contributed by atoms with van der Waals surface area (Å²) >= 11 is 0. The molecule has 0 aliphatic carbocycles. The Morgan fingerprint density at radius 3 is 0.674 bits per heavy atom. The quantitative estimate of drug-likeness (QED) is 0.0487. The van der Waals surface area contributed by atoms with E-state index in [1.165, 1.54) is 116 Å². The van der Waals surface area contributed by atoms with E-state index in [2.05, 4.69) is 34.3 Å². The van der Waals surface area contributed by atoms with Crippen molar-refractivity contribution in [1.29, 1.82) is 0 Å². The van der Waals surface area contributed by atoms with E-state index in [9.17, 15) is 13.7 Å². The molecule has 267 valence electrons. The van der Waals surface area contributed by atoms with Gasteiger partial charge < -0.3 is 28.3 Å². The fraction of sp³-hybridized carbons (Fsp3) is 1.00. The smallest absolute Gasteiger partial charge is 0.316 e. The fourth-order valence-corrected chi connectivity index (χ4v) is 5.14. The maximum atomic E-state index is 10.2. The molecule has 0 spiro atoms. The zero-order valence-corrected chi connectivity index (χ0v) is 31.8. The third kappa shape index (κ3) is 62.5. The van der Waals surface area contributed by atoms with Crippen LogP contribution in [0.5, 0.6) is 0 Å². The van der Waals surface area contributed by atoms with Crippen molar-refractivity contribution in [2.24, 2.45) is 0 Å². The molecule has 3 unspecified atom stereocenters. The molecule has 43 heavy (non-hydrogen) atoms. The third-order valence-electron chi connectivity index (χ3n) is 6.67. The number of hydrogen-bond acceptors (Lipinski definition) is 6. The van der Waals surface area contributed by atoms with E-state index in [-0.39, 0.29) is 16.8 Å². The molecule has 0 aromatic rings. The van der Waals surface area contributed by atoms with Crippen LogP contribution < -0.4 is 0 Å². The van der Waals surface area contributed by atoms with Crippen LogP contribution in [0.3, 0.4) is 0 Å². The van der Waals surface area contributed by atoms with Crippen LogP contribution >= 0.6 is 24.8 Å². The first-order valence-electron chi connectivity index (χ1n) is 16.9. The van der Waals surface area contributed by atoms with Crippen LogP contribution in [0.15, 0.2) is 0 Å². The summed E-state index contributed by atoms with van der Waals surface area (Å²) in [6.07, 6.45) is 29.5. The zero-order chi connectivity index (χ0) is 31.9. The summed E-state index contributed by atoms with van der Waals surface area (Å²) in [5.74, 6) is 0. The van der Waals surface area contributed by atoms with Gasteiger partial charge >= 0.3 is 24.8 Å². The van der Waals surface area contributed by atoms with E-state index in [4.69, 9.17) is 14.7 Å². The summed E-state index contributed by atoms with van der Waals surface area (Å²) in [6.45, 7) is 7.95. The molecule has 13 heteroatoms. The molecule has 0 saturated heterocycles. The molecule has 0 heterocycles. The second-order valence-corrected chi connectivity index (χ2v) is 13.2. The molecular weight excluding hydrogens is 656 g/mol. The summed E-state index contributed by atoms with van der Waals surface area (Å²) in [5, 5.41) is 0. The summed E-state index contributed by atoms with van der Waals surface area (Å²) in [6, 6.07) is 0. The molecule has 0 bridgehead atoms. The molecule has 0 fully saturated rings. The van der Waals surface area contributed by atoms with Gasteiger partial charge in [-0.2, -0.15) is 0 Å². The first-order chi connectivity index (χ1) is 20.3. The Labute approximate surface area is 277 Å². The molecule has 0 aromatic carbocycles. The van der Waals surface area contributed by atoms with E-state index in [0.717, 1.165) is 38.5 Å². The molecule has 0 amide bonds. The van der Waals surface area contributed by atoms with Crippen molar-refractivity contribution in [3.8, 4) is 0 Å². The molecule has 9 nitrogen and oxygen atoms in total.